The molecule has 0 saturated heterocycles. The lowest BCUT2D eigenvalue weighted by atomic mass is 10.1. The van der Waals surface area contributed by atoms with E-state index in [9.17, 15) is 8.42 Å². The second-order valence-electron chi connectivity index (χ2n) is 4.97. The lowest BCUT2D eigenvalue weighted by Crippen LogP contribution is -2.45. The number of nitrogens with one attached hydrogen (secondary N) is 1. The van der Waals surface area contributed by atoms with E-state index in [1.165, 1.54) is 7.11 Å². The molecular weight excluding hydrogens is 252 g/mol. The summed E-state index contributed by atoms with van der Waals surface area (Å²) in [6.45, 7) is 5.49. The maximum Gasteiger partial charge on any atom is 0.244 e. The van der Waals surface area contributed by atoms with Crippen molar-refractivity contribution in [1.82, 2.24) is 4.72 Å². The predicted molar refractivity (Wildman–Crippen MR) is 71.2 cm³/mol. The minimum atomic E-state index is -3.61. The van der Waals surface area contributed by atoms with E-state index in [0.717, 1.165) is 5.56 Å². The first-order valence-electron chi connectivity index (χ1n) is 5.59. The Bertz CT molecular complexity index is 519. The summed E-state index contributed by atoms with van der Waals surface area (Å²) in [5.74, 6) is 0.322. The molecular formula is C12H20N2O3S. The van der Waals surface area contributed by atoms with Crippen molar-refractivity contribution in [2.24, 2.45) is 5.73 Å². The van der Waals surface area contributed by atoms with Gasteiger partial charge in [-0.05, 0) is 38.5 Å². The average Bonchev–Trinajstić information content (AvgIpc) is 2.26. The number of hydrogen-bond acceptors (Lipinski definition) is 4. The summed E-state index contributed by atoms with van der Waals surface area (Å²) in [4.78, 5) is 0.134. The Morgan fingerprint density at radius 3 is 2.50 bits per heavy atom. The lowest BCUT2D eigenvalue weighted by molar-refractivity contribution is 0.401. The highest BCUT2D eigenvalue weighted by atomic mass is 32.2. The van der Waals surface area contributed by atoms with Gasteiger partial charge in [0.2, 0.25) is 10.0 Å². The van der Waals surface area contributed by atoms with E-state index in [2.05, 4.69) is 4.72 Å². The Morgan fingerprint density at radius 2 is 2.00 bits per heavy atom. The Labute approximate surface area is 108 Å². The van der Waals surface area contributed by atoms with Gasteiger partial charge in [-0.2, -0.15) is 0 Å². The van der Waals surface area contributed by atoms with Crippen molar-refractivity contribution < 1.29 is 13.2 Å². The summed E-state index contributed by atoms with van der Waals surface area (Å²) in [5, 5.41) is 0. The van der Waals surface area contributed by atoms with E-state index in [1.807, 2.05) is 6.92 Å². The van der Waals surface area contributed by atoms with Crippen molar-refractivity contribution in [3.63, 3.8) is 0 Å². The normalized spacial score (nSPS) is 12.5. The zero-order valence-electron chi connectivity index (χ0n) is 11.1. The van der Waals surface area contributed by atoms with Gasteiger partial charge in [0.25, 0.3) is 0 Å². The summed E-state index contributed by atoms with van der Waals surface area (Å²) in [6, 6.07) is 5.01. The third-order valence-electron chi connectivity index (χ3n) is 2.33. The Kier molecular flexibility index (Phi) is 4.37. The number of hydrogen-bond donors (Lipinski definition) is 2. The molecule has 0 radical (unpaired) electrons. The van der Waals surface area contributed by atoms with Crippen LogP contribution in [0.25, 0.3) is 0 Å². The van der Waals surface area contributed by atoms with Crippen LogP contribution in [0.5, 0.6) is 5.75 Å². The maximum absolute atomic E-state index is 12.2. The van der Waals surface area contributed by atoms with Gasteiger partial charge >= 0.3 is 0 Å². The first-order valence-corrected chi connectivity index (χ1v) is 7.07. The molecule has 3 N–H and O–H groups in total. The summed E-state index contributed by atoms with van der Waals surface area (Å²) in [7, 11) is -2.17. The molecule has 0 aliphatic heterocycles. The molecule has 0 aliphatic rings. The molecule has 0 amide bonds. The van der Waals surface area contributed by atoms with E-state index in [0.29, 0.717) is 5.75 Å². The van der Waals surface area contributed by atoms with E-state index in [1.54, 1.807) is 32.0 Å². The van der Waals surface area contributed by atoms with Gasteiger partial charge in [-0.3, -0.25) is 0 Å². The van der Waals surface area contributed by atoms with Gasteiger partial charge in [0.1, 0.15) is 10.6 Å². The van der Waals surface area contributed by atoms with Crippen LogP contribution in [0.4, 0.5) is 0 Å². The molecule has 0 spiro atoms. The number of benzene rings is 1. The summed E-state index contributed by atoms with van der Waals surface area (Å²) in [6.07, 6.45) is 0. The van der Waals surface area contributed by atoms with Gasteiger partial charge in [0.05, 0.1) is 7.11 Å². The molecule has 0 atom stereocenters. The molecule has 1 aromatic rings. The molecule has 0 bridgehead atoms. The van der Waals surface area contributed by atoms with Gasteiger partial charge in [0, 0.05) is 12.1 Å². The van der Waals surface area contributed by atoms with Gasteiger partial charge in [-0.1, -0.05) is 6.07 Å². The third-order valence-corrected chi connectivity index (χ3v) is 3.75. The molecule has 0 saturated carbocycles. The zero-order chi connectivity index (χ0) is 14.0. The number of nitrogens with two attached hydrogens (primary N) is 1. The van der Waals surface area contributed by atoms with Crippen LogP contribution in [-0.4, -0.2) is 27.6 Å². The summed E-state index contributed by atoms with van der Waals surface area (Å²) < 4.78 is 31.9. The van der Waals surface area contributed by atoms with E-state index in [4.69, 9.17) is 10.5 Å². The second-order valence-corrected chi connectivity index (χ2v) is 6.70. The van der Waals surface area contributed by atoms with Crippen molar-refractivity contribution in [2.45, 2.75) is 31.2 Å². The van der Waals surface area contributed by atoms with Crippen molar-refractivity contribution >= 4 is 10.0 Å². The second kappa shape index (κ2) is 5.26. The highest BCUT2D eigenvalue weighted by Gasteiger charge is 2.22. The lowest BCUT2D eigenvalue weighted by Gasteiger charge is -2.19. The number of aryl methyl sites for hydroxylation is 1. The molecule has 6 heteroatoms. The fourth-order valence-electron chi connectivity index (χ4n) is 1.35. The quantitative estimate of drug-likeness (QED) is 0.838. The van der Waals surface area contributed by atoms with E-state index < -0.39 is 15.6 Å². The number of sulfonamides is 1. The SMILES string of the molecule is COc1ccc(C)cc1S(=O)(=O)NCC(C)(C)N. The highest BCUT2D eigenvalue weighted by Crippen LogP contribution is 2.24. The number of ether oxygens (including phenoxy) is 1. The standard InChI is InChI=1S/C12H20N2O3S/c1-9-5-6-10(17-4)11(7-9)18(15,16)14-8-12(2,3)13/h5-7,14H,8,13H2,1-4H3. The maximum atomic E-state index is 12.2. The Hall–Kier alpha value is -1.11. The third kappa shape index (κ3) is 3.97. The molecule has 0 aromatic heterocycles. The smallest absolute Gasteiger partial charge is 0.244 e. The van der Waals surface area contributed by atoms with Crippen molar-refractivity contribution in [1.29, 1.82) is 0 Å². The van der Waals surface area contributed by atoms with Crippen LogP contribution in [0.1, 0.15) is 19.4 Å². The highest BCUT2D eigenvalue weighted by molar-refractivity contribution is 7.89. The monoisotopic (exact) mass is 272 g/mol. The van der Waals surface area contributed by atoms with Gasteiger partial charge in [-0.15, -0.1) is 0 Å². The van der Waals surface area contributed by atoms with Crippen LogP contribution in [0.2, 0.25) is 0 Å². The Balaban J connectivity index is 3.08. The zero-order valence-corrected chi connectivity index (χ0v) is 12.0. The molecule has 0 unspecified atom stereocenters. The van der Waals surface area contributed by atoms with E-state index in [-0.39, 0.29) is 11.4 Å². The van der Waals surface area contributed by atoms with Crippen LogP contribution in [0, 0.1) is 6.92 Å². The van der Waals surface area contributed by atoms with E-state index >= 15 is 0 Å². The summed E-state index contributed by atoms with van der Waals surface area (Å²) in [5.41, 5.74) is 6.01. The fraction of sp³-hybridized carbons (Fsp3) is 0.500. The van der Waals surface area contributed by atoms with Crippen molar-refractivity contribution in [3.8, 4) is 5.75 Å². The van der Waals surface area contributed by atoms with Crippen LogP contribution < -0.4 is 15.2 Å². The first-order chi connectivity index (χ1) is 8.15. The summed E-state index contributed by atoms with van der Waals surface area (Å²) >= 11 is 0. The number of rotatable bonds is 5. The van der Waals surface area contributed by atoms with Gasteiger partial charge in [0.15, 0.2) is 0 Å². The van der Waals surface area contributed by atoms with Gasteiger partial charge < -0.3 is 10.5 Å². The van der Waals surface area contributed by atoms with Crippen LogP contribution >= 0.6 is 0 Å². The number of methoxy groups -OCH3 is 1. The van der Waals surface area contributed by atoms with Crippen LogP contribution in [0.3, 0.4) is 0 Å². The van der Waals surface area contributed by atoms with Crippen LogP contribution in [0.15, 0.2) is 23.1 Å². The molecule has 18 heavy (non-hydrogen) atoms. The Morgan fingerprint density at radius 1 is 1.39 bits per heavy atom. The van der Waals surface area contributed by atoms with Crippen LogP contribution in [-0.2, 0) is 10.0 Å². The largest absolute Gasteiger partial charge is 0.495 e. The molecule has 0 aliphatic carbocycles. The minimum absolute atomic E-state index is 0.134. The topological polar surface area (TPSA) is 81.4 Å². The molecule has 0 fully saturated rings. The predicted octanol–water partition coefficient (Wildman–Crippen LogP) is 1.02. The fourth-order valence-corrected chi connectivity index (χ4v) is 2.83. The van der Waals surface area contributed by atoms with Crippen molar-refractivity contribution in [3.05, 3.63) is 23.8 Å². The van der Waals surface area contributed by atoms with Crippen molar-refractivity contribution in [2.75, 3.05) is 13.7 Å². The molecule has 102 valence electrons. The minimum Gasteiger partial charge on any atom is -0.495 e. The molecule has 1 rings (SSSR count). The average molecular weight is 272 g/mol. The molecule has 1 aromatic carbocycles. The first kappa shape index (κ1) is 14.9. The van der Waals surface area contributed by atoms with Gasteiger partial charge in [-0.25, -0.2) is 13.1 Å². The molecule has 5 nitrogen and oxygen atoms in total. The molecule has 0 heterocycles.